The zero-order valence-electron chi connectivity index (χ0n) is 16.0. The molecule has 0 N–H and O–H groups in total. The Balaban J connectivity index is 1.45. The molecule has 0 radical (unpaired) electrons. The van der Waals surface area contributed by atoms with Crippen LogP contribution in [0.5, 0.6) is 5.75 Å². The zero-order valence-corrected chi connectivity index (χ0v) is 16.9. The Kier molecular flexibility index (Phi) is 7.49. The van der Waals surface area contributed by atoms with Crippen LogP contribution in [0.3, 0.4) is 0 Å². The fraction of sp³-hybridized carbons (Fsp3) is 0.500. The van der Waals surface area contributed by atoms with Crippen molar-refractivity contribution in [3.63, 3.8) is 0 Å². The van der Waals surface area contributed by atoms with E-state index in [-0.39, 0.29) is 0 Å². The Hall–Kier alpha value is -1.41. The highest BCUT2D eigenvalue weighted by molar-refractivity contribution is 7.80. The molecule has 26 heavy (non-hydrogen) atoms. The lowest BCUT2D eigenvalue weighted by atomic mass is 9.77. The van der Waals surface area contributed by atoms with Gasteiger partial charge in [0.15, 0.2) is 0 Å². The lowest BCUT2D eigenvalue weighted by Crippen LogP contribution is -2.13. The molecule has 3 rings (SSSR count). The van der Waals surface area contributed by atoms with E-state index in [9.17, 15) is 0 Å². The molecule has 0 saturated heterocycles. The molecule has 0 heterocycles. The van der Waals surface area contributed by atoms with Gasteiger partial charge in [-0.15, -0.1) is 12.6 Å². The van der Waals surface area contributed by atoms with Crippen molar-refractivity contribution in [2.45, 2.75) is 75.7 Å². The van der Waals surface area contributed by atoms with Crippen LogP contribution in [0, 0.1) is 5.92 Å². The summed E-state index contributed by atoms with van der Waals surface area (Å²) >= 11 is 4.30. The van der Waals surface area contributed by atoms with Gasteiger partial charge in [-0.3, -0.25) is 0 Å². The first-order valence-electron chi connectivity index (χ1n) is 10.2. The van der Waals surface area contributed by atoms with Gasteiger partial charge in [-0.1, -0.05) is 56.9 Å². The highest BCUT2D eigenvalue weighted by atomic mass is 32.1. The second-order valence-electron chi connectivity index (χ2n) is 7.74. The molecule has 0 aromatic heterocycles. The van der Waals surface area contributed by atoms with Crippen LogP contribution in [0.4, 0.5) is 0 Å². The Morgan fingerprint density at radius 3 is 2.23 bits per heavy atom. The summed E-state index contributed by atoms with van der Waals surface area (Å²) in [5.41, 5.74) is 2.75. The maximum atomic E-state index is 5.86. The zero-order chi connectivity index (χ0) is 18.2. The number of ether oxygens (including phenoxy) is 1. The number of rotatable bonds is 8. The molecule has 2 aromatic carbocycles. The topological polar surface area (TPSA) is 9.23 Å². The van der Waals surface area contributed by atoms with Gasteiger partial charge >= 0.3 is 0 Å². The molecule has 0 unspecified atom stereocenters. The molecule has 0 bridgehead atoms. The molecule has 140 valence electrons. The van der Waals surface area contributed by atoms with Gasteiger partial charge in [-0.05, 0) is 72.9 Å². The average Bonchev–Trinajstić information content (AvgIpc) is 2.69. The number of benzene rings is 2. The SMILES string of the molecule is CCCCCC1CCC(c2ccc(COc3ccc(S)cc3)cc2)CC1. The molecule has 2 heteroatoms. The molecule has 2 aromatic rings. The molecule has 0 atom stereocenters. The fourth-order valence-electron chi connectivity index (χ4n) is 4.06. The van der Waals surface area contributed by atoms with Gasteiger partial charge in [0, 0.05) is 4.90 Å². The van der Waals surface area contributed by atoms with Crippen LogP contribution < -0.4 is 4.74 Å². The number of hydrogen-bond acceptors (Lipinski definition) is 2. The van der Waals surface area contributed by atoms with Gasteiger partial charge in [0.2, 0.25) is 0 Å². The van der Waals surface area contributed by atoms with Crippen molar-refractivity contribution in [1.82, 2.24) is 0 Å². The van der Waals surface area contributed by atoms with Crippen molar-refractivity contribution >= 4 is 12.6 Å². The molecule has 1 fully saturated rings. The minimum atomic E-state index is 0.621. The Bertz CT molecular complexity index is 639. The maximum Gasteiger partial charge on any atom is 0.119 e. The quantitative estimate of drug-likeness (QED) is 0.377. The van der Waals surface area contributed by atoms with E-state index < -0.39 is 0 Å². The predicted molar refractivity (Wildman–Crippen MR) is 113 cm³/mol. The van der Waals surface area contributed by atoms with E-state index in [1.807, 2.05) is 24.3 Å². The normalized spacial score (nSPS) is 20.1. The second kappa shape index (κ2) is 10.1. The van der Waals surface area contributed by atoms with Crippen molar-refractivity contribution in [2.75, 3.05) is 0 Å². The van der Waals surface area contributed by atoms with Gasteiger partial charge in [0.25, 0.3) is 0 Å². The van der Waals surface area contributed by atoms with Crippen molar-refractivity contribution in [1.29, 1.82) is 0 Å². The van der Waals surface area contributed by atoms with Crippen LogP contribution in [-0.4, -0.2) is 0 Å². The van der Waals surface area contributed by atoms with Crippen molar-refractivity contribution in [3.8, 4) is 5.75 Å². The van der Waals surface area contributed by atoms with Crippen LogP contribution in [0.15, 0.2) is 53.4 Å². The fourth-order valence-corrected chi connectivity index (χ4v) is 4.21. The molecule has 0 aliphatic heterocycles. The molecular weight excluding hydrogens is 336 g/mol. The van der Waals surface area contributed by atoms with Crippen LogP contribution in [0.25, 0.3) is 0 Å². The third-order valence-electron chi connectivity index (χ3n) is 5.76. The van der Waals surface area contributed by atoms with E-state index in [0.29, 0.717) is 6.61 Å². The van der Waals surface area contributed by atoms with Crippen LogP contribution in [0.1, 0.15) is 75.3 Å². The van der Waals surface area contributed by atoms with E-state index in [1.54, 1.807) is 0 Å². The molecule has 1 nitrogen and oxygen atoms in total. The number of thiol groups is 1. The smallest absolute Gasteiger partial charge is 0.119 e. The third kappa shape index (κ3) is 5.81. The second-order valence-corrected chi connectivity index (χ2v) is 8.25. The summed E-state index contributed by atoms with van der Waals surface area (Å²) in [6.45, 7) is 2.92. The highest BCUT2D eigenvalue weighted by Crippen LogP contribution is 2.37. The lowest BCUT2D eigenvalue weighted by Gasteiger charge is -2.29. The first kappa shape index (κ1) is 19.4. The van der Waals surface area contributed by atoms with Crippen LogP contribution >= 0.6 is 12.6 Å². The molecule has 1 aliphatic rings. The summed E-state index contributed by atoms with van der Waals surface area (Å²) in [5, 5.41) is 0. The Morgan fingerprint density at radius 1 is 0.885 bits per heavy atom. The number of unbranched alkanes of at least 4 members (excludes halogenated alkanes) is 2. The Labute approximate surface area is 164 Å². The maximum absolute atomic E-state index is 5.86. The van der Waals surface area contributed by atoms with Crippen molar-refractivity contribution < 1.29 is 4.74 Å². The number of hydrogen-bond donors (Lipinski definition) is 1. The van der Waals surface area contributed by atoms with E-state index in [2.05, 4.69) is 43.8 Å². The largest absolute Gasteiger partial charge is 0.489 e. The summed E-state index contributed by atoms with van der Waals surface area (Å²) < 4.78 is 5.86. The standard InChI is InChI=1S/C24H32OS/c1-2-3-4-5-19-6-10-21(11-7-19)22-12-8-20(9-13-22)18-25-23-14-16-24(26)17-15-23/h8-9,12-17,19,21,26H,2-7,10-11,18H2,1H3. The minimum absolute atomic E-state index is 0.621. The summed E-state index contributed by atoms with van der Waals surface area (Å²) in [5.74, 6) is 2.64. The molecule has 0 spiro atoms. The van der Waals surface area contributed by atoms with Gasteiger partial charge in [0.1, 0.15) is 12.4 Å². The summed E-state index contributed by atoms with van der Waals surface area (Å²) in [6, 6.07) is 17.0. The first-order chi connectivity index (χ1) is 12.7. The monoisotopic (exact) mass is 368 g/mol. The van der Waals surface area contributed by atoms with E-state index in [0.717, 1.165) is 22.5 Å². The average molecular weight is 369 g/mol. The highest BCUT2D eigenvalue weighted by Gasteiger charge is 2.21. The van der Waals surface area contributed by atoms with Crippen LogP contribution in [-0.2, 0) is 6.61 Å². The van der Waals surface area contributed by atoms with Gasteiger partial charge in [0.05, 0.1) is 0 Å². The minimum Gasteiger partial charge on any atom is -0.489 e. The molecule has 1 saturated carbocycles. The van der Waals surface area contributed by atoms with E-state index in [1.165, 1.54) is 62.5 Å². The van der Waals surface area contributed by atoms with E-state index >= 15 is 0 Å². The van der Waals surface area contributed by atoms with Gasteiger partial charge in [-0.2, -0.15) is 0 Å². The summed E-state index contributed by atoms with van der Waals surface area (Å²) in [7, 11) is 0. The summed E-state index contributed by atoms with van der Waals surface area (Å²) in [4.78, 5) is 0.960. The van der Waals surface area contributed by atoms with Gasteiger partial charge in [-0.25, -0.2) is 0 Å². The van der Waals surface area contributed by atoms with Crippen LogP contribution in [0.2, 0.25) is 0 Å². The van der Waals surface area contributed by atoms with Gasteiger partial charge < -0.3 is 4.74 Å². The van der Waals surface area contributed by atoms with Crippen molar-refractivity contribution in [2.24, 2.45) is 5.92 Å². The molecule has 1 aliphatic carbocycles. The molecular formula is C24H32OS. The van der Waals surface area contributed by atoms with Crippen molar-refractivity contribution in [3.05, 3.63) is 59.7 Å². The first-order valence-corrected chi connectivity index (χ1v) is 10.7. The van der Waals surface area contributed by atoms with E-state index in [4.69, 9.17) is 4.74 Å². The third-order valence-corrected chi connectivity index (χ3v) is 6.05. The predicted octanol–water partition coefficient (Wildman–Crippen LogP) is 7.41. The lowest BCUT2D eigenvalue weighted by molar-refractivity contribution is 0.301. The summed E-state index contributed by atoms with van der Waals surface area (Å²) in [6.07, 6.45) is 11.2. The Morgan fingerprint density at radius 2 is 1.58 bits per heavy atom. The molecule has 0 amide bonds.